The number of sulfone groups is 1. The molecule has 0 saturated carbocycles. The zero-order valence-electron chi connectivity index (χ0n) is 16.1. The third kappa shape index (κ3) is 4.15. The van der Waals surface area contributed by atoms with E-state index < -0.39 is 15.7 Å². The molecule has 8 heteroatoms. The van der Waals surface area contributed by atoms with Crippen molar-refractivity contribution >= 4 is 27.5 Å². The lowest BCUT2D eigenvalue weighted by Crippen LogP contribution is -2.14. The number of carbonyl (C=O) groups is 1. The maximum Gasteiger partial charge on any atom is 0.266 e. The number of aryl methyl sites for hydroxylation is 2. The molecule has 1 amide bonds. The lowest BCUT2D eigenvalue weighted by molar-refractivity contribution is -0.112. The van der Waals surface area contributed by atoms with Crippen LogP contribution in [-0.4, -0.2) is 35.6 Å². The van der Waals surface area contributed by atoms with Crippen molar-refractivity contribution < 1.29 is 13.2 Å². The number of hydrogen-bond acceptors (Lipinski definition) is 5. The van der Waals surface area contributed by atoms with Crippen LogP contribution in [0.2, 0.25) is 0 Å². The van der Waals surface area contributed by atoms with Gasteiger partial charge >= 0.3 is 0 Å². The minimum Gasteiger partial charge on any atom is -0.321 e. The second-order valence-electron chi connectivity index (χ2n) is 7.08. The number of anilines is 1. The Morgan fingerprint density at radius 3 is 2.71 bits per heavy atom. The van der Waals surface area contributed by atoms with Gasteiger partial charge in [0.15, 0.2) is 9.84 Å². The number of nitrogens with zero attached hydrogens (tertiary/aromatic N) is 3. The number of nitrogens with one attached hydrogen (secondary N) is 1. The molecule has 1 aromatic heterocycles. The summed E-state index contributed by atoms with van der Waals surface area (Å²) < 4.78 is 25.3. The monoisotopic (exact) mass is 398 g/mol. The Bertz CT molecular complexity index is 1110. The fourth-order valence-corrected chi connectivity index (χ4v) is 5.11. The highest BCUT2D eigenvalue weighted by atomic mass is 32.2. The molecule has 1 aromatic carbocycles. The van der Waals surface area contributed by atoms with E-state index >= 15 is 0 Å². The quantitative estimate of drug-likeness (QED) is 0.630. The van der Waals surface area contributed by atoms with Crippen molar-refractivity contribution in [2.75, 3.05) is 16.8 Å². The van der Waals surface area contributed by atoms with E-state index in [1.165, 1.54) is 6.08 Å². The van der Waals surface area contributed by atoms with Gasteiger partial charge in [0, 0.05) is 16.9 Å². The Morgan fingerprint density at radius 2 is 2.11 bits per heavy atom. The van der Waals surface area contributed by atoms with Crippen LogP contribution >= 0.6 is 0 Å². The fourth-order valence-electron chi connectivity index (χ4n) is 3.42. The number of carbonyl (C=O) groups excluding carboxylic acids is 1. The van der Waals surface area contributed by atoms with E-state index in [1.807, 2.05) is 38.1 Å². The molecule has 0 spiro atoms. The van der Waals surface area contributed by atoms with E-state index in [0.29, 0.717) is 23.4 Å². The van der Waals surface area contributed by atoms with Gasteiger partial charge in [-0.25, -0.2) is 8.42 Å². The minimum atomic E-state index is -3.04. The topological polar surface area (TPSA) is 105 Å². The lowest BCUT2D eigenvalue weighted by atomic mass is 10.1. The van der Waals surface area contributed by atoms with Crippen LogP contribution in [0.15, 0.2) is 29.8 Å². The number of benzene rings is 1. The lowest BCUT2D eigenvalue weighted by Gasteiger charge is -2.11. The number of amides is 1. The van der Waals surface area contributed by atoms with Gasteiger partial charge in [-0.05, 0) is 51.0 Å². The number of hydrogen-bond donors (Lipinski definition) is 1. The third-order valence-electron chi connectivity index (χ3n) is 4.86. The summed E-state index contributed by atoms with van der Waals surface area (Å²) in [6.07, 6.45) is 2.04. The smallest absolute Gasteiger partial charge is 0.266 e. The van der Waals surface area contributed by atoms with Gasteiger partial charge in [-0.2, -0.15) is 10.4 Å². The van der Waals surface area contributed by atoms with Gasteiger partial charge < -0.3 is 5.32 Å². The summed E-state index contributed by atoms with van der Waals surface area (Å²) in [4.78, 5) is 12.5. The molecular formula is C20H22N4O3S. The Balaban J connectivity index is 1.88. The number of nitriles is 1. The Morgan fingerprint density at radius 1 is 1.36 bits per heavy atom. The molecule has 0 bridgehead atoms. The molecule has 0 aliphatic carbocycles. The summed E-state index contributed by atoms with van der Waals surface area (Å²) in [6.45, 7) is 5.53. The van der Waals surface area contributed by atoms with E-state index in [-0.39, 0.29) is 23.1 Å². The zero-order valence-corrected chi connectivity index (χ0v) is 16.9. The molecule has 1 aliphatic rings. The summed E-state index contributed by atoms with van der Waals surface area (Å²) >= 11 is 0. The van der Waals surface area contributed by atoms with Gasteiger partial charge in [0.25, 0.3) is 5.91 Å². The van der Waals surface area contributed by atoms with Gasteiger partial charge in [0.1, 0.15) is 11.6 Å². The van der Waals surface area contributed by atoms with Gasteiger partial charge in [-0.3, -0.25) is 9.48 Å². The molecule has 7 nitrogen and oxygen atoms in total. The van der Waals surface area contributed by atoms with Crippen molar-refractivity contribution in [2.45, 2.75) is 33.2 Å². The van der Waals surface area contributed by atoms with E-state index in [1.54, 1.807) is 17.7 Å². The maximum absolute atomic E-state index is 12.5. The zero-order chi connectivity index (χ0) is 20.5. The van der Waals surface area contributed by atoms with Gasteiger partial charge in [0.2, 0.25) is 0 Å². The first-order valence-corrected chi connectivity index (χ1v) is 10.8. The van der Waals surface area contributed by atoms with Crippen molar-refractivity contribution in [1.82, 2.24) is 9.78 Å². The molecule has 1 saturated heterocycles. The van der Waals surface area contributed by atoms with Crippen molar-refractivity contribution in [3.63, 3.8) is 0 Å². The van der Waals surface area contributed by atoms with Crippen LogP contribution in [0.25, 0.3) is 6.08 Å². The minimum absolute atomic E-state index is 0.0358. The second-order valence-corrected chi connectivity index (χ2v) is 9.31. The SMILES string of the molecule is Cc1cccc(NC(=O)/C(C#N)=C/c2c(C)nn([C@@H]3CCS(=O)(=O)C3)c2C)c1. The molecule has 1 atom stereocenters. The van der Waals surface area contributed by atoms with E-state index in [4.69, 9.17) is 0 Å². The maximum atomic E-state index is 12.5. The van der Waals surface area contributed by atoms with E-state index in [2.05, 4.69) is 10.4 Å². The van der Waals surface area contributed by atoms with Crippen LogP contribution < -0.4 is 5.32 Å². The molecule has 3 rings (SSSR count). The Hall–Kier alpha value is -2.92. The first-order chi connectivity index (χ1) is 13.2. The van der Waals surface area contributed by atoms with Crippen LogP contribution in [0.3, 0.4) is 0 Å². The van der Waals surface area contributed by atoms with Crippen molar-refractivity contribution in [3.05, 3.63) is 52.4 Å². The highest BCUT2D eigenvalue weighted by Gasteiger charge is 2.31. The van der Waals surface area contributed by atoms with Crippen LogP contribution in [0, 0.1) is 32.1 Å². The first-order valence-electron chi connectivity index (χ1n) is 8.96. The molecular weight excluding hydrogens is 376 g/mol. The predicted octanol–water partition coefficient (Wildman–Crippen LogP) is 2.71. The van der Waals surface area contributed by atoms with Crippen molar-refractivity contribution in [3.8, 4) is 6.07 Å². The molecule has 1 fully saturated rings. The molecule has 2 aromatic rings. The molecule has 1 N–H and O–H groups in total. The van der Waals surface area contributed by atoms with E-state index in [9.17, 15) is 18.5 Å². The van der Waals surface area contributed by atoms with Gasteiger partial charge in [-0.1, -0.05) is 12.1 Å². The first kappa shape index (κ1) is 19.8. The van der Waals surface area contributed by atoms with Crippen LogP contribution in [-0.2, 0) is 14.6 Å². The second kappa shape index (κ2) is 7.60. The predicted molar refractivity (Wildman–Crippen MR) is 107 cm³/mol. The summed E-state index contributed by atoms with van der Waals surface area (Å²) in [5.41, 5.74) is 3.64. The summed E-state index contributed by atoms with van der Waals surface area (Å²) in [5.74, 6) is -0.274. The molecule has 146 valence electrons. The van der Waals surface area contributed by atoms with Crippen molar-refractivity contribution in [1.29, 1.82) is 5.26 Å². The molecule has 28 heavy (non-hydrogen) atoms. The van der Waals surface area contributed by atoms with Gasteiger partial charge in [-0.15, -0.1) is 0 Å². The molecule has 0 radical (unpaired) electrons. The average molecular weight is 398 g/mol. The highest BCUT2D eigenvalue weighted by molar-refractivity contribution is 7.91. The average Bonchev–Trinajstić information content (AvgIpc) is 3.12. The Kier molecular flexibility index (Phi) is 5.38. The summed E-state index contributed by atoms with van der Waals surface area (Å²) in [5, 5.41) is 16.7. The highest BCUT2D eigenvalue weighted by Crippen LogP contribution is 2.27. The van der Waals surface area contributed by atoms with Gasteiger partial charge in [0.05, 0.1) is 23.2 Å². The summed E-state index contributed by atoms with van der Waals surface area (Å²) in [7, 11) is -3.04. The number of rotatable bonds is 4. The molecule has 1 aliphatic heterocycles. The standard InChI is InChI=1S/C20H22N4O3S/c1-13-5-4-6-17(9-13)22-20(25)16(11-21)10-19-14(2)23-24(15(19)3)18-7-8-28(26,27)12-18/h4-6,9-10,18H,7-8,12H2,1-3H3,(H,22,25)/b16-10+/t18-/m1/s1. The number of aromatic nitrogens is 2. The summed E-state index contributed by atoms with van der Waals surface area (Å²) in [6, 6.07) is 9.06. The third-order valence-corrected chi connectivity index (χ3v) is 6.62. The van der Waals surface area contributed by atoms with Crippen molar-refractivity contribution in [2.24, 2.45) is 0 Å². The normalized spacial score (nSPS) is 18.6. The molecule has 2 heterocycles. The fraction of sp³-hybridized carbons (Fsp3) is 0.350. The van der Waals surface area contributed by atoms with Crippen LogP contribution in [0.4, 0.5) is 5.69 Å². The molecule has 0 unspecified atom stereocenters. The van der Waals surface area contributed by atoms with Crippen LogP contribution in [0.5, 0.6) is 0 Å². The largest absolute Gasteiger partial charge is 0.321 e. The Labute approximate surface area is 164 Å². The van der Waals surface area contributed by atoms with Crippen LogP contribution in [0.1, 0.15) is 35.0 Å². The van der Waals surface area contributed by atoms with E-state index in [0.717, 1.165) is 11.3 Å².